The summed E-state index contributed by atoms with van der Waals surface area (Å²) in [4.78, 5) is 0. The van der Waals surface area contributed by atoms with Crippen molar-refractivity contribution in [3.05, 3.63) is 34.3 Å². The lowest BCUT2D eigenvalue weighted by atomic mass is 10.1. The molecule has 0 bridgehead atoms. The van der Waals surface area contributed by atoms with E-state index < -0.39 is 0 Å². The van der Waals surface area contributed by atoms with Crippen LogP contribution in [0.5, 0.6) is 0 Å². The molecule has 1 saturated heterocycles. The summed E-state index contributed by atoms with van der Waals surface area (Å²) in [6.45, 7) is 2.89. The van der Waals surface area contributed by atoms with Gasteiger partial charge in [0.2, 0.25) is 0 Å². The van der Waals surface area contributed by atoms with E-state index in [4.69, 9.17) is 4.74 Å². The molecule has 1 N–H and O–H groups in total. The van der Waals surface area contributed by atoms with E-state index in [2.05, 4.69) is 45.5 Å². The van der Waals surface area contributed by atoms with Crippen molar-refractivity contribution in [2.45, 2.75) is 25.3 Å². The molecule has 1 atom stereocenters. The second-order valence-electron chi connectivity index (χ2n) is 4.25. The van der Waals surface area contributed by atoms with Crippen LogP contribution >= 0.6 is 15.9 Å². The fourth-order valence-corrected chi connectivity index (χ4v) is 2.43. The molecule has 1 fully saturated rings. The quantitative estimate of drug-likeness (QED) is 0.839. The molecule has 1 unspecified atom stereocenters. The first-order valence-electron chi connectivity index (χ1n) is 5.90. The maximum Gasteiger partial charge on any atom is 0.0620 e. The maximum atomic E-state index is 5.32. The molecule has 1 aliphatic heterocycles. The van der Waals surface area contributed by atoms with Gasteiger partial charge in [-0.3, -0.25) is 0 Å². The Bertz CT molecular complexity index is 323. The third-order valence-corrected chi connectivity index (χ3v) is 3.39. The first-order valence-corrected chi connectivity index (χ1v) is 6.69. The summed E-state index contributed by atoms with van der Waals surface area (Å²) in [5, 5.41) is 3.53. The molecule has 0 aliphatic carbocycles. The molecular formula is C13H18BrNO. The monoisotopic (exact) mass is 283 g/mol. The smallest absolute Gasteiger partial charge is 0.0620 e. The average Bonchev–Trinajstić information content (AvgIpc) is 2.77. The Morgan fingerprint density at radius 1 is 1.44 bits per heavy atom. The first-order chi connectivity index (χ1) is 7.84. The fourth-order valence-electron chi connectivity index (χ4n) is 1.99. The molecule has 0 amide bonds. The van der Waals surface area contributed by atoms with Gasteiger partial charge in [0.1, 0.15) is 0 Å². The van der Waals surface area contributed by atoms with E-state index in [0.29, 0.717) is 6.04 Å². The van der Waals surface area contributed by atoms with Crippen LogP contribution in [-0.2, 0) is 11.2 Å². The predicted octanol–water partition coefficient (Wildman–Crippen LogP) is 2.76. The number of hydrogen-bond acceptors (Lipinski definition) is 2. The summed E-state index contributed by atoms with van der Waals surface area (Å²) in [6.07, 6.45) is 3.49. The Hall–Kier alpha value is -0.380. The van der Waals surface area contributed by atoms with Crippen LogP contribution in [-0.4, -0.2) is 25.8 Å². The summed E-state index contributed by atoms with van der Waals surface area (Å²) in [5.41, 5.74) is 1.40. The molecule has 2 rings (SSSR count). The standard InChI is InChI=1S/C13H18BrNO/c14-12-5-1-3-11(9-12)4-2-7-15-13-6-8-16-10-13/h1,3,5,9,13,15H,2,4,6-8,10H2. The highest BCUT2D eigenvalue weighted by Crippen LogP contribution is 2.12. The van der Waals surface area contributed by atoms with E-state index in [1.165, 1.54) is 16.5 Å². The van der Waals surface area contributed by atoms with Crippen LogP contribution in [0, 0.1) is 0 Å². The van der Waals surface area contributed by atoms with Gasteiger partial charge in [0, 0.05) is 17.1 Å². The van der Waals surface area contributed by atoms with E-state index in [0.717, 1.165) is 32.6 Å². The lowest BCUT2D eigenvalue weighted by molar-refractivity contribution is 0.190. The largest absolute Gasteiger partial charge is 0.380 e. The Labute approximate surface area is 106 Å². The number of hydrogen-bond donors (Lipinski definition) is 1. The van der Waals surface area contributed by atoms with Crippen molar-refractivity contribution < 1.29 is 4.74 Å². The molecule has 16 heavy (non-hydrogen) atoms. The highest BCUT2D eigenvalue weighted by molar-refractivity contribution is 9.10. The van der Waals surface area contributed by atoms with Gasteiger partial charge in [-0.2, -0.15) is 0 Å². The summed E-state index contributed by atoms with van der Waals surface area (Å²) < 4.78 is 6.49. The fraction of sp³-hybridized carbons (Fsp3) is 0.538. The molecular weight excluding hydrogens is 266 g/mol. The van der Waals surface area contributed by atoms with Gasteiger partial charge >= 0.3 is 0 Å². The minimum absolute atomic E-state index is 0.586. The van der Waals surface area contributed by atoms with Crippen molar-refractivity contribution in [1.82, 2.24) is 5.32 Å². The van der Waals surface area contributed by atoms with Crippen LogP contribution in [0.4, 0.5) is 0 Å². The van der Waals surface area contributed by atoms with Crippen molar-refractivity contribution in [3.8, 4) is 0 Å². The summed E-state index contributed by atoms with van der Waals surface area (Å²) in [6, 6.07) is 9.12. The van der Waals surface area contributed by atoms with Crippen molar-refractivity contribution in [2.75, 3.05) is 19.8 Å². The Morgan fingerprint density at radius 3 is 3.12 bits per heavy atom. The Balaban J connectivity index is 1.64. The number of benzene rings is 1. The van der Waals surface area contributed by atoms with Gasteiger partial charge in [-0.25, -0.2) is 0 Å². The average molecular weight is 284 g/mol. The maximum absolute atomic E-state index is 5.32. The van der Waals surface area contributed by atoms with E-state index in [9.17, 15) is 0 Å². The van der Waals surface area contributed by atoms with E-state index in [-0.39, 0.29) is 0 Å². The number of nitrogens with one attached hydrogen (secondary N) is 1. The van der Waals surface area contributed by atoms with Crippen LogP contribution in [0.1, 0.15) is 18.4 Å². The highest BCUT2D eigenvalue weighted by Gasteiger charge is 2.13. The first kappa shape index (κ1) is 12.1. The van der Waals surface area contributed by atoms with Crippen LogP contribution in [0.3, 0.4) is 0 Å². The zero-order valence-electron chi connectivity index (χ0n) is 9.42. The number of aryl methyl sites for hydroxylation is 1. The van der Waals surface area contributed by atoms with Crippen molar-refractivity contribution in [2.24, 2.45) is 0 Å². The molecule has 0 saturated carbocycles. The summed E-state index contributed by atoms with van der Waals surface area (Å²) in [5.74, 6) is 0. The topological polar surface area (TPSA) is 21.3 Å². The van der Waals surface area contributed by atoms with Gasteiger partial charge in [0.25, 0.3) is 0 Å². The zero-order chi connectivity index (χ0) is 11.2. The van der Waals surface area contributed by atoms with Crippen molar-refractivity contribution in [3.63, 3.8) is 0 Å². The summed E-state index contributed by atoms with van der Waals surface area (Å²) in [7, 11) is 0. The molecule has 0 radical (unpaired) electrons. The number of ether oxygens (including phenoxy) is 1. The lowest BCUT2D eigenvalue weighted by Crippen LogP contribution is -2.30. The normalized spacial score (nSPS) is 20.2. The van der Waals surface area contributed by atoms with E-state index >= 15 is 0 Å². The second kappa shape index (κ2) is 6.38. The predicted molar refractivity (Wildman–Crippen MR) is 69.7 cm³/mol. The Morgan fingerprint density at radius 2 is 2.38 bits per heavy atom. The van der Waals surface area contributed by atoms with Crippen LogP contribution in [0.15, 0.2) is 28.7 Å². The van der Waals surface area contributed by atoms with Crippen LogP contribution < -0.4 is 5.32 Å². The minimum Gasteiger partial charge on any atom is -0.380 e. The van der Waals surface area contributed by atoms with Gasteiger partial charge in [0.05, 0.1) is 6.61 Å². The van der Waals surface area contributed by atoms with E-state index in [1.54, 1.807) is 0 Å². The van der Waals surface area contributed by atoms with Crippen molar-refractivity contribution in [1.29, 1.82) is 0 Å². The molecule has 1 heterocycles. The SMILES string of the molecule is Brc1cccc(CCCNC2CCOC2)c1. The third-order valence-electron chi connectivity index (χ3n) is 2.89. The van der Waals surface area contributed by atoms with Crippen LogP contribution in [0.25, 0.3) is 0 Å². The number of rotatable bonds is 5. The van der Waals surface area contributed by atoms with Crippen molar-refractivity contribution >= 4 is 15.9 Å². The van der Waals surface area contributed by atoms with Gasteiger partial charge in [-0.15, -0.1) is 0 Å². The number of halogens is 1. The Kier molecular flexibility index (Phi) is 4.82. The second-order valence-corrected chi connectivity index (χ2v) is 5.16. The van der Waals surface area contributed by atoms with E-state index in [1.807, 2.05) is 0 Å². The molecule has 1 aromatic carbocycles. The third kappa shape index (κ3) is 3.89. The molecule has 88 valence electrons. The summed E-state index contributed by atoms with van der Waals surface area (Å²) >= 11 is 3.49. The molecule has 0 spiro atoms. The molecule has 1 aromatic rings. The van der Waals surface area contributed by atoms with Crippen LogP contribution in [0.2, 0.25) is 0 Å². The minimum atomic E-state index is 0.586. The molecule has 0 aromatic heterocycles. The molecule has 2 nitrogen and oxygen atoms in total. The van der Waals surface area contributed by atoms with Gasteiger partial charge < -0.3 is 10.1 Å². The lowest BCUT2D eigenvalue weighted by Gasteiger charge is -2.10. The highest BCUT2D eigenvalue weighted by atomic mass is 79.9. The van der Waals surface area contributed by atoms with Gasteiger partial charge in [-0.05, 0) is 43.5 Å². The molecule has 1 aliphatic rings. The van der Waals surface area contributed by atoms with Gasteiger partial charge in [0.15, 0.2) is 0 Å². The van der Waals surface area contributed by atoms with Gasteiger partial charge in [-0.1, -0.05) is 28.1 Å². The molecule has 3 heteroatoms. The zero-order valence-corrected chi connectivity index (χ0v) is 11.0.